The van der Waals surface area contributed by atoms with Crippen molar-refractivity contribution in [3.63, 3.8) is 0 Å². The minimum absolute atomic E-state index is 0.0237. The van der Waals surface area contributed by atoms with Gasteiger partial charge in [-0.1, -0.05) is 20.8 Å². The molecular formula is C11H21NO2. The summed E-state index contributed by atoms with van der Waals surface area (Å²) in [4.78, 5) is 21.8. The van der Waals surface area contributed by atoms with Gasteiger partial charge in [0.25, 0.3) is 0 Å². The van der Waals surface area contributed by atoms with E-state index < -0.39 is 0 Å². The van der Waals surface area contributed by atoms with Crippen LogP contribution in [0.15, 0.2) is 0 Å². The molecule has 0 radical (unpaired) electrons. The van der Waals surface area contributed by atoms with Crippen molar-refractivity contribution in [3.8, 4) is 0 Å². The van der Waals surface area contributed by atoms with E-state index in [1.165, 1.54) is 6.92 Å². The molecule has 0 aliphatic heterocycles. The van der Waals surface area contributed by atoms with Crippen LogP contribution in [0.5, 0.6) is 0 Å². The van der Waals surface area contributed by atoms with Crippen LogP contribution in [0.4, 0.5) is 0 Å². The molecule has 0 bridgehead atoms. The number of carbonyl (C=O) groups is 2. The maximum absolute atomic E-state index is 11.2. The number of nitrogens with one attached hydrogen (secondary N) is 1. The maximum atomic E-state index is 11.2. The summed E-state index contributed by atoms with van der Waals surface area (Å²) in [6.45, 7) is 8.60. The predicted octanol–water partition coefficient (Wildman–Crippen LogP) is 1.91. The summed E-state index contributed by atoms with van der Waals surface area (Å²) in [7, 11) is 0. The zero-order chi connectivity index (χ0) is 11.2. The van der Waals surface area contributed by atoms with E-state index in [0.29, 0.717) is 19.4 Å². The molecule has 82 valence electrons. The van der Waals surface area contributed by atoms with Gasteiger partial charge in [-0.2, -0.15) is 0 Å². The standard InChI is InChI=1S/C11H21NO2/c1-9(13)5-6-10(14)12-8-7-11(2,3)4/h5-8H2,1-4H3,(H,12,14). The summed E-state index contributed by atoms with van der Waals surface area (Å²) in [5, 5.41) is 2.80. The van der Waals surface area contributed by atoms with Crippen molar-refractivity contribution in [1.82, 2.24) is 5.32 Å². The fourth-order valence-corrected chi connectivity index (χ4v) is 0.955. The van der Waals surface area contributed by atoms with Gasteiger partial charge in [0.1, 0.15) is 5.78 Å². The van der Waals surface area contributed by atoms with Crippen LogP contribution < -0.4 is 5.32 Å². The Bertz CT molecular complexity index is 204. The monoisotopic (exact) mass is 199 g/mol. The van der Waals surface area contributed by atoms with Crippen LogP contribution >= 0.6 is 0 Å². The summed E-state index contributed by atoms with van der Waals surface area (Å²) in [6, 6.07) is 0. The highest BCUT2D eigenvalue weighted by Crippen LogP contribution is 2.16. The molecule has 3 heteroatoms. The number of amides is 1. The SMILES string of the molecule is CC(=O)CCC(=O)NCCC(C)(C)C. The highest BCUT2D eigenvalue weighted by Gasteiger charge is 2.10. The van der Waals surface area contributed by atoms with Crippen molar-refractivity contribution in [1.29, 1.82) is 0 Å². The Balaban J connectivity index is 3.50. The molecule has 0 unspecified atom stereocenters. The predicted molar refractivity (Wildman–Crippen MR) is 57.0 cm³/mol. The number of rotatable bonds is 5. The highest BCUT2D eigenvalue weighted by atomic mass is 16.2. The molecule has 1 N–H and O–H groups in total. The van der Waals surface area contributed by atoms with E-state index in [4.69, 9.17) is 0 Å². The molecule has 0 aromatic carbocycles. The van der Waals surface area contributed by atoms with Gasteiger partial charge in [0, 0.05) is 19.4 Å². The topological polar surface area (TPSA) is 46.2 Å². The second-order valence-electron chi connectivity index (χ2n) is 4.86. The molecule has 0 saturated carbocycles. The lowest BCUT2D eigenvalue weighted by atomic mass is 9.92. The first-order valence-corrected chi connectivity index (χ1v) is 5.07. The zero-order valence-electron chi connectivity index (χ0n) is 9.64. The Kier molecular flexibility index (Phi) is 5.43. The number of Topliss-reactive ketones (excluding diaryl/α,β-unsaturated/α-hetero) is 1. The van der Waals surface area contributed by atoms with Crippen LogP contribution in [0.2, 0.25) is 0 Å². The molecule has 3 nitrogen and oxygen atoms in total. The molecule has 1 amide bonds. The van der Waals surface area contributed by atoms with E-state index in [1.54, 1.807) is 0 Å². The van der Waals surface area contributed by atoms with Gasteiger partial charge in [-0.15, -0.1) is 0 Å². The third kappa shape index (κ3) is 9.23. The quantitative estimate of drug-likeness (QED) is 0.735. The molecule has 0 aliphatic rings. The Labute approximate surface area is 86.3 Å². The van der Waals surface area contributed by atoms with Crippen LogP contribution in [0.3, 0.4) is 0 Å². The average molecular weight is 199 g/mol. The smallest absolute Gasteiger partial charge is 0.220 e. The first-order valence-electron chi connectivity index (χ1n) is 5.07. The van der Waals surface area contributed by atoms with E-state index in [0.717, 1.165) is 6.42 Å². The van der Waals surface area contributed by atoms with Crippen molar-refractivity contribution in [2.45, 2.75) is 47.0 Å². The van der Waals surface area contributed by atoms with E-state index in [9.17, 15) is 9.59 Å². The highest BCUT2D eigenvalue weighted by molar-refractivity contribution is 5.83. The van der Waals surface area contributed by atoms with Crippen molar-refractivity contribution >= 4 is 11.7 Å². The van der Waals surface area contributed by atoms with Crippen molar-refractivity contribution < 1.29 is 9.59 Å². The van der Waals surface area contributed by atoms with Gasteiger partial charge >= 0.3 is 0 Å². The number of hydrogen-bond donors (Lipinski definition) is 1. The molecule has 0 spiro atoms. The Morgan fingerprint density at radius 1 is 1.14 bits per heavy atom. The second-order valence-corrected chi connectivity index (χ2v) is 4.86. The van der Waals surface area contributed by atoms with Gasteiger partial charge in [0.15, 0.2) is 0 Å². The fraction of sp³-hybridized carbons (Fsp3) is 0.818. The summed E-state index contributed by atoms with van der Waals surface area (Å²) in [6.07, 6.45) is 1.62. The molecule has 0 aromatic heterocycles. The third-order valence-electron chi connectivity index (χ3n) is 1.90. The Morgan fingerprint density at radius 2 is 1.71 bits per heavy atom. The normalized spacial score (nSPS) is 11.1. The zero-order valence-corrected chi connectivity index (χ0v) is 9.64. The van der Waals surface area contributed by atoms with Crippen molar-refractivity contribution in [2.75, 3.05) is 6.54 Å². The summed E-state index contributed by atoms with van der Waals surface area (Å²) < 4.78 is 0. The first-order chi connectivity index (χ1) is 6.31. The van der Waals surface area contributed by atoms with E-state index in [-0.39, 0.29) is 17.1 Å². The van der Waals surface area contributed by atoms with E-state index in [1.807, 2.05) is 0 Å². The molecule has 0 aliphatic carbocycles. The Hall–Kier alpha value is -0.860. The molecule has 0 heterocycles. The molecule has 0 aromatic rings. The average Bonchev–Trinajstić information content (AvgIpc) is 1.98. The minimum atomic E-state index is -0.0237. The lowest BCUT2D eigenvalue weighted by Gasteiger charge is -2.17. The van der Waals surface area contributed by atoms with Crippen molar-refractivity contribution in [3.05, 3.63) is 0 Å². The third-order valence-corrected chi connectivity index (χ3v) is 1.90. The van der Waals surface area contributed by atoms with Crippen LogP contribution in [0.25, 0.3) is 0 Å². The molecule has 0 rings (SSSR count). The Morgan fingerprint density at radius 3 is 2.14 bits per heavy atom. The maximum Gasteiger partial charge on any atom is 0.220 e. The van der Waals surface area contributed by atoms with Crippen LogP contribution in [-0.2, 0) is 9.59 Å². The second kappa shape index (κ2) is 5.78. The van der Waals surface area contributed by atoms with E-state index in [2.05, 4.69) is 26.1 Å². The lowest BCUT2D eigenvalue weighted by Crippen LogP contribution is -2.27. The molecule has 0 atom stereocenters. The van der Waals surface area contributed by atoms with Gasteiger partial charge in [-0.3, -0.25) is 4.79 Å². The largest absolute Gasteiger partial charge is 0.356 e. The molecule has 0 saturated heterocycles. The van der Waals surface area contributed by atoms with E-state index >= 15 is 0 Å². The van der Waals surface area contributed by atoms with Gasteiger partial charge in [0.05, 0.1) is 0 Å². The van der Waals surface area contributed by atoms with Gasteiger partial charge in [0.2, 0.25) is 5.91 Å². The minimum Gasteiger partial charge on any atom is -0.356 e. The summed E-state index contributed by atoms with van der Waals surface area (Å²) >= 11 is 0. The number of ketones is 1. The summed E-state index contributed by atoms with van der Waals surface area (Å²) in [5.41, 5.74) is 0.244. The van der Waals surface area contributed by atoms with Crippen molar-refractivity contribution in [2.24, 2.45) is 5.41 Å². The molecule has 0 fully saturated rings. The summed E-state index contributed by atoms with van der Waals surface area (Å²) in [5.74, 6) is 0.0421. The molecule has 14 heavy (non-hydrogen) atoms. The fourth-order valence-electron chi connectivity index (χ4n) is 0.955. The van der Waals surface area contributed by atoms with Crippen LogP contribution in [0.1, 0.15) is 47.0 Å². The molecular weight excluding hydrogens is 178 g/mol. The van der Waals surface area contributed by atoms with Gasteiger partial charge in [-0.05, 0) is 18.8 Å². The van der Waals surface area contributed by atoms with Gasteiger partial charge < -0.3 is 10.1 Å². The number of hydrogen-bond acceptors (Lipinski definition) is 2. The first kappa shape index (κ1) is 13.1. The lowest BCUT2D eigenvalue weighted by molar-refractivity contribution is -0.124. The van der Waals surface area contributed by atoms with Crippen LogP contribution in [-0.4, -0.2) is 18.2 Å². The van der Waals surface area contributed by atoms with Crippen LogP contribution in [0, 0.1) is 5.41 Å². The number of carbonyl (C=O) groups excluding carboxylic acids is 2. The van der Waals surface area contributed by atoms with Gasteiger partial charge in [-0.25, -0.2) is 0 Å².